The predicted octanol–water partition coefficient (Wildman–Crippen LogP) is 3.50. The lowest BCUT2D eigenvalue weighted by Gasteiger charge is -2.32. The summed E-state index contributed by atoms with van der Waals surface area (Å²) in [6.45, 7) is 4.51. The topological polar surface area (TPSA) is 23.5 Å². The van der Waals surface area contributed by atoms with Gasteiger partial charge in [-0.05, 0) is 49.9 Å². The van der Waals surface area contributed by atoms with Crippen molar-refractivity contribution in [2.45, 2.75) is 51.6 Å². The smallest absolute Gasteiger partial charge is 0.119 e. The second-order valence-electron chi connectivity index (χ2n) is 5.04. The molecule has 1 aromatic carbocycles. The van der Waals surface area contributed by atoms with Crippen molar-refractivity contribution < 1.29 is 5.11 Å². The number of benzene rings is 1. The maximum atomic E-state index is 9.87. The number of fused-ring (bicyclic) bond motifs is 1. The van der Waals surface area contributed by atoms with Gasteiger partial charge in [-0.1, -0.05) is 26.0 Å². The number of hydrogen-bond acceptors (Lipinski definition) is 2. The van der Waals surface area contributed by atoms with Crippen LogP contribution in [0, 0.1) is 0 Å². The molecule has 0 radical (unpaired) electrons. The molecule has 1 N–H and O–H groups in total. The minimum absolute atomic E-state index is 0.475. The van der Waals surface area contributed by atoms with Gasteiger partial charge in [-0.3, -0.25) is 4.90 Å². The molecule has 1 aromatic rings. The number of aromatic hydroxyl groups is 1. The second kappa shape index (κ2) is 5.09. The summed E-state index contributed by atoms with van der Waals surface area (Å²) in [5.74, 6) is 0.475. The molecule has 94 valence electrons. The Hall–Kier alpha value is -1.02. The lowest BCUT2D eigenvalue weighted by Crippen LogP contribution is -2.33. The molecule has 1 aliphatic rings. The molecular formula is C15H23NO. The zero-order valence-corrected chi connectivity index (χ0v) is 11.1. The third-order valence-corrected chi connectivity index (χ3v) is 4.22. The van der Waals surface area contributed by atoms with Gasteiger partial charge in [0.1, 0.15) is 5.75 Å². The predicted molar refractivity (Wildman–Crippen MR) is 71.3 cm³/mol. The van der Waals surface area contributed by atoms with Crippen LogP contribution in [0.1, 0.15) is 50.3 Å². The van der Waals surface area contributed by atoms with Crippen molar-refractivity contribution in [1.29, 1.82) is 0 Å². The monoisotopic (exact) mass is 233 g/mol. The van der Waals surface area contributed by atoms with E-state index in [4.69, 9.17) is 0 Å². The van der Waals surface area contributed by atoms with Gasteiger partial charge in [-0.2, -0.15) is 0 Å². The molecule has 0 fully saturated rings. The fourth-order valence-electron chi connectivity index (χ4n) is 3.16. The molecule has 0 heterocycles. The van der Waals surface area contributed by atoms with Crippen molar-refractivity contribution >= 4 is 0 Å². The van der Waals surface area contributed by atoms with Gasteiger partial charge < -0.3 is 5.11 Å². The first kappa shape index (κ1) is 12.4. The molecule has 1 aliphatic carbocycles. The van der Waals surface area contributed by atoms with E-state index in [0.717, 1.165) is 18.4 Å². The van der Waals surface area contributed by atoms with Gasteiger partial charge >= 0.3 is 0 Å². The maximum Gasteiger partial charge on any atom is 0.119 e. The van der Waals surface area contributed by atoms with E-state index < -0.39 is 0 Å². The highest BCUT2D eigenvalue weighted by Gasteiger charge is 2.29. The summed E-state index contributed by atoms with van der Waals surface area (Å²) in [7, 11) is 2.22. The van der Waals surface area contributed by atoms with Gasteiger partial charge in [-0.25, -0.2) is 0 Å². The highest BCUT2D eigenvalue weighted by atomic mass is 16.3. The van der Waals surface area contributed by atoms with Gasteiger partial charge in [-0.15, -0.1) is 0 Å². The Labute approximate surface area is 104 Å². The van der Waals surface area contributed by atoms with E-state index in [-0.39, 0.29) is 0 Å². The van der Waals surface area contributed by atoms with Gasteiger partial charge in [0.15, 0.2) is 0 Å². The molecule has 0 bridgehead atoms. The second-order valence-corrected chi connectivity index (χ2v) is 5.04. The van der Waals surface area contributed by atoms with Crippen LogP contribution in [0.2, 0.25) is 0 Å². The van der Waals surface area contributed by atoms with E-state index >= 15 is 0 Å². The third-order valence-electron chi connectivity index (χ3n) is 4.22. The number of phenolic OH excluding ortho intramolecular Hbond substituents is 1. The van der Waals surface area contributed by atoms with Crippen molar-refractivity contribution in [3.05, 3.63) is 29.3 Å². The molecule has 17 heavy (non-hydrogen) atoms. The molecule has 0 amide bonds. The standard InChI is InChI=1S/C15H23NO/c1-4-11(5-2)16(3)14-10-9-13-12(14)7-6-8-15(13)17/h6-8,11,14,17H,4-5,9-10H2,1-3H3. The van der Waals surface area contributed by atoms with E-state index in [2.05, 4.69) is 31.9 Å². The molecule has 0 aliphatic heterocycles. The molecule has 2 rings (SSSR count). The van der Waals surface area contributed by atoms with E-state index in [1.165, 1.54) is 18.4 Å². The Kier molecular flexibility index (Phi) is 3.72. The summed E-state index contributed by atoms with van der Waals surface area (Å²) in [5, 5.41) is 9.87. The van der Waals surface area contributed by atoms with Gasteiger partial charge in [0.2, 0.25) is 0 Å². The van der Waals surface area contributed by atoms with Crippen molar-refractivity contribution in [3.8, 4) is 5.75 Å². The molecule has 2 nitrogen and oxygen atoms in total. The van der Waals surface area contributed by atoms with Crippen LogP contribution >= 0.6 is 0 Å². The molecule has 1 atom stereocenters. The zero-order chi connectivity index (χ0) is 12.4. The van der Waals surface area contributed by atoms with E-state index in [1.807, 2.05) is 6.07 Å². The van der Waals surface area contributed by atoms with Crippen LogP contribution in [-0.4, -0.2) is 23.1 Å². The van der Waals surface area contributed by atoms with E-state index in [1.54, 1.807) is 6.07 Å². The van der Waals surface area contributed by atoms with Gasteiger partial charge in [0, 0.05) is 12.1 Å². The Bertz CT molecular complexity index is 385. The van der Waals surface area contributed by atoms with E-state index in [0.29, 0.717) is 17.8 Å². The minimum atomic E-state index is 0.475. The van der Waals surface area contributed by atoms with Crippen LogP contribution in [0.15, 0.2) is 18.2 Å². The number of hydrogen-bond donors (Lipinski definition) is 1. The van der Waals surface area contributed by atoms with Crippen molar-refractivity contribution in [3.63, 3.8) is 0 Å². The van der Waals surface area contributed by atoms with Gasteiger partial charge in [0.25, 0.3) is 0 Å². The summed E-state index contributed by atoms with van der Waals surface area (Å²) in [6.07, 6.45) is 4.53. The highest BCUT2D eigenvalue weighted by molar-refractivity contribution is 5.44. The Morgan fingerprint density at radius 1 is 1.35 bits per heavy atom. The van der Waals surface area contributed by atoms with Crippen LogP contribution in [0.5, 0.6) is 5.75 Å². The quantitative estimate of drug-likeness (QED) is 0.860. The van der Waals surface area contributed by atoms with Crippen molar-refractivity contribution in [2.75, 3.05) is 7.05 Å². The summed E-state index contributed by atoms with van der Waals surface area (Å²) in [5.41, 5.74) is 2.50. The Morgan fingerprint density at radius 2 is 2.06 bits per heavy atom. The van der Waals surface area contributed by atoms with Gasteiger partial charge in [0.05, 0.1) is 0 Å². The van der Waals surface area contributed by atoms with Crippen LogP contribution in [-0.2, 0) is 6.42 Å². The number of phenols is 1. The largest absolute Gasteiger partial charge is 0.508 e. The average molecular weight is 233 g/mol. The fourth-order valence-corrected chi connectivity index (χ4v) is 3.16. The molecule has 0 spiro atoms. The summed E-state index contributed by atoms with van der Waals surface area (Å²) in [6, 6.07) is 7.08. The summed E-state index contributed by atoms with van der Waals surface area (Å²) >= 11 is 0. The first-order chi connectivity index (χ1) is 8.19. The molecule has 0 saturated heterocycles. The molecule has 1 unspecified atom stereocenters. The first-order valence-corrected chi connectivity index (χ1v) is 6.71. The SMILES string of the molecule is CCC(CC)N(C)C1CCc2c(O)cccc21. The number of nitrogens with zero attached hydrogens (tertiary/aromatic N) is 1. The normalized spacial score (nSPS) is 19.0. The molecular weight excluding hydrogens is 210 g/mol. The molecule has 0 saturated carbocycles. The summed E-state index contributed by atoms with van der Waals surface area (Å²) < 4.78 is 0. The van der Waals surface area contributed by atoms with Crippen LogP contribution in [0.4, 0.5) is 0 Å². The van der Waals surface area contributed by atoms with Crippen LogP contribution in [0.25, 0.3) is 0 Å². The Balaban J connectivity index is 2.24. The maximum absolute atomic E-state index is 9.87. The van der Waals surface area contributed by atoms with Crippen molar-refractivity contribution in [1.82, 2.24) is 4.90 Å². The summed E-state index contributed by atoms with van der Waals surface area (Å²) in [4.78, 5) is 2.49. The third kappa shape index (κ3) is 2.19. The average Bonchev–Trinajstić information content (AvgIpc) is 2.75. The van der Waals surface area contributed by atoms with Crippen molar-refractivity contribution in [2.24, 2.45) is 0 Å². The lowest BCUT2D eigenvalue weighted by atomic mass is 10.0. The van der Waals surface area contributed by atoms with E-state index in [9.17, 15) is 5.11 Å². The highest BCUT2D eigenvalue weighted by Crippen LogP contribution is 2.40. The number of rotatable bonds is 4. The van der Waals surface area contributed by atoms with Crippen LogP contribution in [0.3, 0.4) is 0 Å². The fraction of sp³-hybridized carbons (Fsp3) is 0.600. The lowest BCUT2D eigenvalue weighted by molar-refractivity contribution is 0.163. The van der Waals surface area contributed by atoms with Crippen LogP contribution < -0.4 is 0 Å². The Morgan fingerprint density at radius 3 is 2.71 bits per heavy atom. The molecule has 2 heteroatoms. The minimum Gasteiger partial charge on any atom is -0.508 e. The zero-order valence-electron chi connectivity index (χ0n) is 11.1. The molecule has 0 aromatic heterocycles. The first-order valence-electron chi connectivity index (χ1n) is 6.71.